The Bertz CT molecular complexity index is 3150. The smallest absolute Gasteiger partial charge is 0.407 e. The average molecular weight is 1410 g/mol. The van der Waals surface area contributed by atoms with Gasteiger partial charge in [-0.2, -0.15) is 0 Å². The van der Waals surface area contributed by atoms with Gasteiger partial charge in [-0.15, -0.1) is 0 Å². The highest BCUT2D eigenvalue weighted by Gasteiger charge is 2.48. The van der Waals surface area contributed by atoms with Gasteiger partial charge in [-0.25, -0.2) is 9.59 Å². The quantitative estimate of drug-likeness (QED) is 0.0127. The Kier molecular flexibility index (Phi) is 35.1. The van der Waals surface area contributed by atoms with Gasteiger partial charge in [0.25, 0.3) is 0 Å². The first kappa shape index (κ1) is 81.5. The third kappa shape index (κ3) is 30.0. The van der Waals surface area contributed by atoms with Crippen LogP contribution in [-0.4, -0.2) is 175 Å². The number of methoxy groups -OCH3 is 2. The van der Waals surface area contributed by atoms with E-state index in [-0.39, 0.29) is 102 Å². The van der Waals surface area contributed by atoms with Gasteiger partial charge in [-0.3, -0.25) is 38.4 Å². The van der Waals surface area contributed by atoms with E-state index < -0.39 is 101 Å². The molecule has 0 bridgehead atoms. The van der Waals surface area contributed by atoms with Crippen molar-refractivity contribution in [2.45, 2.75) is 168 Å². The molecule has 0 saturated carbocycles. The molecule has 3 aromatic rings. The number of benzene rings is 3. The SMILES string of the molecule is COCCOCCOCCOCCC(=O)NCCCC[C@H](NC(=O)[C@@H](NC(=O)CCCC(=O)O)C(C)C)C(=O)Nc1ccc(COC(=O)NCc2ccc([C@H]3O[C@@H]3C(C)[C@@H]3C/C=C/C(=O)NC(Cc4ccc(OC)c(Cl)c4)C(=O)NCC(C)(C)C(=O)O[C@@H](CC(C)C)C(=O)O3)cc2)cc1. The molecule has 1 fully saturated rings. The van der Waals surface area contributed by atoms with E-state index >= 15 is 0 Å². The van der Waals surface area contributed by atoms with Crippen molar-refractivity contribution in [2.75, 3.05) is 78.9 Å². The maximum absolute atomic E-state index is 14.0. The van der Waals surface area contributed by atoms with Crippen LogP contribution in [0.15, 0.2) is 78.9 Å². The number of alkyl carbamates (subject to hydrolysis) is 1. The fourth-order valence-electron chi connectivity index (χ4n) is 10.3. The molecule has 2 heterocycles. The van der Waals surface area contributed by atoms with Crippen LogP contribution in [0.5, 0.6) is 5.75 Å². The number of anilines is 1. The first-order chi connectivity index (χ1) is 47.3. The van der Waals surface area contributed by atoms with Crippen molar-refractivity contribution in [3.8, 4) is 5.75 Å². The summed E-state index contributed by atoms with van der Waals surface area (Å²) in [6.45, 7) is 15.1. The maximum Gasteiger partial charge on any atom is 0.407 e. The second kappa shape index (κ2) is 42.7. The van der Waals surface area contributed by atoms with Gasteiger partial charge in [-0.05, 0) is 110 Å². The normalized spacial score (nSPS) is 19.2. The number of unbranched alkanes of at least 4 members (excludes halogenated alkanes) is 1. The lowest BCUT2D eigenvalue weighted by atomic mass is 9.92. The van der Waals surface area contributed by atoms with Gasteiger partial charge in [0.15, 0.2) is 6.10 Å². The number of rotatable bonds is 39. The van der Waals surface area contributed by atoms with Gasteiger partial charge in [0.05, 0.1) is 69.9 Å². The number of carboxylic acids is 1. The fourth-order valence-corrected chi connectivity index (χ4v) is 10.6. The molecular formula is C71H100ClN7O20. The van der Waals surface area contributed by atoms with Crippen LogP contribution < -0.4 is 42.0 Å². The van der Waals surface area contributed by atoms with Crippen LogP contribution in [0, 0.1) is 23.2 Å². The van der Waals surface area contributed by atoms with E-state index in [1.165, 1.54) is 13.2 Å². The zero-order valence-corrected chi connectivity index (χ0v) is 59.0. The third-order valence-electron chi connectivity index (χ3n) is 16.2. The number of ether oxygens (including phenoxy) is 9. The Morgan fingerprint density at radius 2 is 1.40 bits per heavy atom. The molecule has 3 aromatic carbocycles. The minimum Gasteiger partial charge on any atom is -0.495 e. The molecule has 0 aromatic heterocycles. The van der Waals surface area contributed by atoms with Crippen LogP contribution in [0.25, 0.3) is 0 Å². The number of esters is 2. The molecule has 2 aliphatic rings. The van der Waals surface area contributed by atoms with Gasteiger partial charge < -0.3 is 85.0 Å². The van der Waals surface area contributed by atoms with Gasteiger partial charge in [0, 0.05) is 70.5 Å². The lowest BCUT2D eigenvalue weighted by Gasteiger charge is -2.29. The predicted octanol–water partition coefficient (Wildman–Crippen LogP) is 6.74. The summed E-state index contributed by atoms with van der Waals surface area (Å²) in [6.07, 6.45) is 0.498. The largest absolute Gasteiger partial charge is 0.495 e. The standard InChI is InChI=1S/C71H100ClN7O20/c1-44(2)38-57-68(88)97-55(15-12-16-59(81)77-54(40-49-23-28-56(92-9)52(72)39-49)65(85)75-43-71(6,7)69(89)98-57)46(5)63-64(99-63)50-24-19-47(20-25-50)41-74-70(90)96-42-48-21-26-51(27-22-48)76-66(86)53(78-67(87)62(45(3)4)79-60(82)17-13-18-61(83)84)14-10-11-30-73-58(80)29-31-93-34-35-95-37-36-94-33-32-91-8/h12,16,19-28,39,44-46,53-55,57,62-64H,10-11,13-15,17-18,29-38,40-43H2,1-9H3,(H,73,80)(H,74,90)(H,75,85)(H,76,86)(H,77,81)(H,78,87)(H,79,82)(H,83,84)/b16-12+/t46?,53-,54?,55-,57-,62-,63+,64+/m0/s1. The van der Waals surface area contributed by atoms with Crippen molar-refractivity contribution in [3.63, 3.8) is 0 Å². The molecule has 7 amide bonds. The summed E-state index contributed by atoms with van der Waals surface area (Å²) in [6, 6.07) is 15.8. The molecule has 0 aliphatic carbocycles. The number of carboxylic acid groups (broad SMARTS) is 1. The lowest BCUT2D eigenvalue weighted by molar-refractivity contribution is -0.179. The highest BCUT2D eigenvalue weighted by atomic mass is 35.5. The number of nitrogens with one attached hydrogen (secondary N) is 7. The van der Waals surface area contributed by atoms with E-state index in [2.05, 4.69) is 37.2 Å². The molecular weight excluding hydrogens is 1310 g/mol. The molecule has 2 unspecified atom stereocenters. The third-order valence-corrected chi connectivity index (χ3v) is 16.5. The van der Waals surface area contributed by atoms with Crippen molar-refractivity contribution in [2.24, 2.45) is 23.2 Å². The molecule has 0 radical (unpaired) electrons. The maximum atomic E-state index is 14.0. The van der Waals surface area contributed by atoms with Crippen molar-refractivity contribution >= 4 is 76.7 Å². The summed E-state index contributed by atoms with van der Waals surface area (Å²) in [7, 11) is 3.08. The van der Waals surface area contributed by atoms with Crippen LogP contribution >= 0.6 is 11.6 Å². The predicted molar refractivity (Wildman–Crippen MR) is 365 cm³/mol. The van der Waals surface area contributed by atoms with Gasteiger partial charge in [-0.1, -0.05) is 94.8 Å². The molecule has 27 nitrogen and oxygen atoms in total. The van der Waals surface area contributed by atoms with Crippen LogP contribution in [-0.2, 0) is 101 Å². The first-order valence-corrected chi connectivity index (χ1v) is 34.0. The van der Waals surface area contributed by atoms with Crippen LogP contribution in [0.2, 0.25) is 5.02 Å². The first-order valence-electron chi connectivity index (χ1n) is 33.6. The molecule has 1 saturated heterocycles. The number of halogens is 1. The van der Waals surface area contributed by atoms with Crippen molar-refractivity contribution in [3.05, 3.63) is 106 Å². The number of carbonyl (C=O) groups excluding carboxylic acids is 9. The lowest BCUT2D eigenvalue weighted by Crippen LogP contribution is -2.54. The highest BCUT2D eigenvalue weighted by molar-refractivity contribution is 6.32. The molecule has 8 N–H and O–H groups in total. The van der Waals surface area contributed by atoms with Crippen molar-refractivity contribution < 1.29 is 95.7 Å². The Balaban J connectivity index is 1.13. The van der Waals surface area contributed by atoms with E-state index in [1.807, 2.05) is 45.0 Å². The molecule has 99 heavy (non-hydrogen) atoms. The topological polar surface area (TPSA) is 362 Å². The Morgan fingerprint density at radius 1 is 0.737 bits per heavy atom. The molecule has 8 atom stereocenters. The monoisotopic (exact) mass is 1410 g/mol. The van der Waals surface area contributed by atoms with Gasteiger partial charge in [0.1, 0.15) is 42.7 Å². The minimum absolute atomic E-state index is 0.0625. The minimum atomic E-state index is -1.29. The number of aliphatic carboxylic acids is 1. The summed E-state index contributed by atoms with van der Waals surface area (Å²) in [5.41, 5.74) is 1.91. The Labute approximate surface area is 584 Å². The fraction of sp³-hybridized carbons (Fsp3) is 0.577. The van der Waals surface area contributed by atoms with Gasteiger partial charge >= 0.3 is 24.0 Å². The summed E-state index contributed by atoms with van der Waals surface area (Å²) in [4.78, 5) is 132. The highest BCUT2D eigenvalue weighted by Crippen LogP contribution is 2.45. The average Bonchev–Trinajstić information content (AvgIpc) is 1.63. The number of amides is 7. The van der Waals surface area contributed by atoms with Crippen molar-refractivity contribution in [1.82, 2.24) is 31.9 Å². The Hall–Kier alpha value is -8.21. The second-order valence-corrected chi connectivity index (χ2v) is 26.1. The molecule has 546 valence electrons. The van der Waals surface area contributed by atoms with Crippen LogP contribution in [0.1, 0.15) is 135 Å². The molecule has 2 aliphatic heterocycles. The van der Waals surface area contributed by atoms with E-state index in [0.29, 0.717) is 86.6 Å². The van der Waals surface area contributed by atoms with Crippen LogP contribution in [0.4, 0.5) is 10.5 Å². The molecule has 5 rings (SSSR count). The second-order valence-electron chi connectivity index (χ2n) is 25.7. The molecule has 28 heteroatoms. The summed E-state index contributed by atoms with van der Waals surface area (Å²) >= 11 is 6.40. The number of epoxide rings is 1. The zero-order chi connectivity index (χ0) is 72.4. The number of cyclic esters (lactones) is 2. The summed E-state index contributed by atoms with van der Waals surface area (Å²) < 4.78 is 50.2. The Morgan fingerprint density at radius 3 is 2.05 bits per heavy atom. The summed E-state index contributed by atoms with van der Waals surface area (Å²) in [5.74, 6) is -5.98. The molecule has 0 spiro atoms. The zero-order valence-electron chi connectivity index (χ0n) is 58.2. The number of carbonyl (C=O) groups is 10. The van der Waals surface area contributed by atoms with Gasteiger partial charge in [0.2, 0.25) is 35.4 Å². The summed E-state index contributed by atoms with van der Waals surface area (Å²) in [5, 5.41) is 28.7. The van der Waals surface area contributed by atoms with E-state index in [4.69, 9.17) is 59.3 Å². The van der Waals surface area contributed by atoms with Crippen LogP contribution in [0.3, 0.4) is 0 Å². The van der Waals surface area contributed by atoms with E-state index in [9.17, 15) is 47.9 Å². The van der Waals surface area contributed by atoms with Crippen molar-refractivity contribution in [1.29, 1.82) is 0 Å². The number of hydrogen-bond donors (Lipinski definition) is 8. The van der Waals surface area contributed by atoms with E-state index in [1.54, 1.807) is 83.3 Å². The van der Waals surface area contributed by atoms with E-state index in [0.717, 1.165) is 11.1 Å². The number of hydrogen-bond acceptors (Lipinski definition) is 19.